The maximum atomic E-state index is 10.9. The Bertz CT molecular complexity index is 1260. The fourth-order valence-corrected chi connectivity index (χ4v) is 4.76. The minimum atomic E-state index is -2.67. The van der Waals surface area contributed by atoms with Gasteiger partial charge in [0.15, 0.2) is 6.10 Å². The van der Waals surface area contributed by atoms with E-state index in [9.17, 15) is 25.5 Å². The number of nitrogens with zero attached hydrogens (tertiary/aromatic N) is 2. The van der Waals surface area contributed by atoms with Crippen LogP contribution in [0.5, 0.6) is 5.75 Å². The molecule has 5 rings (SSSR count). The lowest BCUT2D eigenvalue weighted by Crippen LogP contribution is -2.69. The van der Waals surface area contributed by atoms with Gasteiger partial charge in [0.2, 0.25) is 6.29 Å². The predicted molar refractivity (Wildman–Crippen MR) is 124 cm³/mol. The minimum absolute atomic E-state index is 0.128. The second kappa shape index (κ2) is 9.08. The molecule has 3 heterocycles. The second-order valence-electron chi connectivity index (χ2n) is 8.20. The van der Waals surface area contributed by atoms with E-state index in [2.05, 4.69) is 16.4 Å². The number of para-hydroxylation sites is 1. The largest absolute Gasteiger partial charge is 0.452 e. The molecular weight excluding hydrogens is 460 g/mol. The number of hydrogen-bond acceptors (Lipinski definition) is 9. The van der Waals surface area contributed by atoms with Crippen molar-refractivity contribution >= 4 is 22.4 Å². The van der Waals surface area contributed by atoms with Gasteiger partial charge in [0.05, 0.1) is 18.5 Å². The smallest absolute Gasteiger partial charge is 0.288 e. The van der Waals surface area contributed by atoms with Crippen molar-refractivity contribution in [2.75, 3.05) is 6.61 Å². The first kappa shape index (κ1) is 22.9. The molecule has 2 aromatic carbocycles. The van der Waals surface area contributed by atoms with E-state index in [1.165, 1.54) is 0 Å². The molecule has 0 bridgehead atoms. The number of aromatic nitrogens is 2. The number of benzene rings is 2. The number of aliphatic hydroxyl groups is 5. The predicted octanol–water partition coefficient (Wildman–Crippen LogP) is 1.31. The lowest BCUT2D eigenvalue weighted by molar-refractivity contribution is -0.385. The fraction of sp³-hybridized carbons (Fsp3) is 0.292. The molecule has 1 saturated heterocycles. The number of aliphatic hydroxyl groups excluding tert-OH is 4. The molecule has 0 spiro atoms. The minimum Gasteiger partial charge on any atom is -0.452 e. The van der Waals surface area contributed by atoms with Gasteiger partial charge in [-0.05, 0) is 45.6 Å². The van der Waals surface area contributed by atoms with Crippen molar-refractivity contribution in [2.45, 2.75) is 36.9 Å². The number of thiophene rings is 1. The van der Waals surface area contributed by atoms with E-state index in [1.807, 2.05) is 34.2 Å². The molecular formula is C24H24N2O7S. The summed E-state index contributed by atoms with van der Waals surface area (Å²) in [5, 5.41) is 55.3. The van der Waals surface area contributed by atoms with Gasteiger partial charge in [0.25, 0.3) is 5.79 Å². The van der Waals surface area contributed by atoms with E-state index in [4.69, 9.17) is 9.47 Å². The summed E-state index contributed by atoms with van der Waals surface area (Å²) in [4.78, 5) is 4.39. The Balaban J connectivity index is 1.44. The van der Waals surface area contributed by atoms with Gasteiger partial charge in [-0.2, -0.15) is 11.3 Å². The van der Waals surface area contributed by atoms with Crippen molar-refractivity contribution in [2.24, 2.45) is 0 Å². The van der Waals surface area contributed by atoms with Crippen LogP contribution >= 0.6 is 11.3 Å². The summed E-state index contributed by atoms with van der Waals surface area (Å²) in [6.07, 6.45) is -5.27. The van der Waals surface area contributed by atoms with Crippen molar-refractivity contribution in [3.8, 4) is 16.9 Å². The lowest BCUT2D eigenvalue weighted by atomic mass is 9.96. The van der Waals surface area contributed by atoms with Crippen LogP contribution in [0.2, 0.25) is 0 Å². The van der Waals surface area contributed by atoms with Crippen LogP contribution in [-0.4, -0.2) is 72.1 Å². The molecule has 5 N–H and O–H groups in total. The molecule has 178 valence electrons. The summed E-state index contributed by atoms with van der Waals surface area (Å²) in [6.45, 7) is -0.199. The molecule has 0 radical (unpaired) electrons. The second-order valence-corrected chi connectivity index (χ2v) is 8.98. The van der Waals surface area contributed by atoms with Crippen molar-refractivity contribution in [1.29, 1.82) is 0 Å². The molecule has 9 nitrogen and oxygen atoms in total. The Labute approximate surface area is 198 Å². The zero-order chi connectivity index (χ0) is 23.9. The van der Waals surface area contributed by atoms with Crippen LogP contribution in [0, 0.1) is 0 Å². The highest BCUT2D eigenvalue weighted by Crippen LogP contribution is 2.35. The molecule has 1 aliphatic heterocycles. The number of ether oxygens (including phenoxy) is 2. The first-order valence-corrected chi connectivity index (χ1v) is 11.6. The third-order valence-electron chi connectivity index (χ3n) is 6.00. The van der Waals surface area contributed by atoms with Crippen molar-refractivity contribution in [3.63, 3.8) is 0 Å². The van der Waals surface area contributed by atoms with Crippen LogP contribution in [0.3, 0.4) is 0 Å². The highest BCUT2D eigenvalue weighted by molar-refractivity contribution is 7.08. The molecule has 0 aliphatic carbocycles. The first-order chi connectivity index (χ1) is 16.4. The van der Waals surface area contributed by atoms with Gasteiger partial charge in [-0.15, -0.1) is 0 Å². The quantitative estimate of drug-likeness (QED) is 0.258. The van der Waals surface area contributed by atoms with E-state index in [-0.39, 0.29) is 5.75 Å². The first-order valence-electron chi connectivity index (χ1n) is 10.7. The Morgan fingerprint density at radius 3 is 2.56 bits per heavy atom. The summed E-state index contributed by atoms with van der Waals surface area (Å²) in [7, 11) is 0. The molecule has 5 atom stereocenters. The molecule has 4 aromatic rings. The number of fused-ring (bicyclic) bond motifs is 1. The molecule has 0 amide bonds. The maximum absolute atomic E-state index is 10.9. The summed E-state index contributed by atoms with van der Waals surface area (Å²) in [5.41, 5.74) is 4.38. The normalized spacial score (nSPS) is 27.2. The van der Waals surface area contributed by atoms with E-state index >= 15 is 0 Å². The molecule has 1 fully saturated rings. The number of imidazole rings is 1. The average molecular weight is 485 g/mol. The van der Waals surface area contributed by atoms with Crippen molar-refractivity contribution < 1.29 is 35.0 Å². The third-order valence-corrected chi connectivity index (χ3v) is 6.68. The van der Waals surface area contributed by atoms with Gasteiger partial charge in [-0.3, -0.25) is 0 Å². The molecule has 0 saturated carbocycles. The fourth-order valence-electron chi connectivity index (χ4n) is 4.10. The van der Waals surface area contributed by atoms with E-state index in [0.29, 0.717) is 17.6 Å². The van der Waals surface area contributed by atoms with Crippen LogP contribution in [0.1, 0.15) is 5.56 Å². The van der Waals surface area contributed by atoms with E-state index in [0.717, 1.165) is 16.7 Å². The third kappa shape index (κ3) is 3.99. The number of hydrogen-bond donors (Lipinski definition) is 5. The number of rotatable bonds is 6. The van der Waals surface area contributed by atoms with Crippen molar-refractivity contribution in [3.05, 3.63) is 71.2 Å². The summed E-state index contributed by atoms with van der Waals surface area (Å²) < 4.78 is 12.6. The zero-order valence-electron chi connectivity index (χ0n) is 17.9. The van der Waals surface area contributed by atoms with Gasteiger partial charge in [0.1, 0.15) is 23.5 Å². The average Bonchev–Trinajstić information content (AvgIpc) is 3.52. The summed E-state index contributed by atoms with van der Waals surface area (Å²) in [5.74, 6) is -2.54. The Kier molecular flexibility index (Phi) is 6.13. The Hall–Kier alpha value is -2.83. The van der Waals surface area contributed by atoms with Crippen LogP contribution in [-0.2, 0) is 11.3 Å². The zero-order valence-corrected chi connectivity index (χ0v) is 18.7. The van der Waals surface area contributed by atoms with Gasteiger partial charge in [-0.25, -0.2) is 4.98 Å². The Morgan fingerprint density at radius 2 is 1.85 bits per heavy atom. The van der Waals surface area contributed by atoms with Crippen LogP contribution < -0.4 is 4.74 Å². The van der Waals surface area contributed by atoms with Gasteiger partial charge >= 0.3 is 0 Å². The van der Waals surface area contributed by atoms with E-state index < -0.39 is 37.0 Å². The van der Waals surface area contributed by atoms with Crippen LogP contribution in [0.15, 0.2) is 65.6 Å². The molecule has 1 unspecified atom stereocenters. The molecule has 1 aliphatic rings. The maximum Gasteiger partial charge on any atom is 0.288 e. The molecule has 34 heavy (non-hydrogen) atoms. The highest BCUT2D eigenvalue weighted by atomic mass is 32.1. The van der Waals surface area contributed by atoms with Crippen LogP contribution in [0.25, 0.3) is 22.2 Å². The topological polar surface area (TPSA) is 137 Å². The SMILES string of the molecule is OC[C@H]1OC(O)[C@@](O)(Oc2cccc3ncn(Cc4ccc(-c5ccsc5)cc4)c23)[C@@H](O)[C@@H]1O. The van der Waals surface area contributed by atoms with E-state index in [1.54, 1.807) is 35.9 Å². The monoisotopic (exact) mass is 484 g/mol. The summed E-state index contributed by atoms with van der Waals surface area (Å²) in [6, 6.07) is 15.2. The van der Waals surface area contributed by atoms with Crippen LogP contribution in [0.4, 0.5) is 0 Å². The molecule has 2 aromatic heterocycles. The van der Waals surface area contributed by atoms with Crippen molar-refractivity contribution in [1.82, 2.24) is 9.55 Å². The molecule has 10 heteroatoms. The highest BCUT2D eigenvalue weighted by Gasteiger charge is 2.57. The summed E-state index contributed by atoms with van der Waals surface area (Å²) >= 11 is 1.64. The Morgan fingerprint density at radius 1 is 1.06 bits per heavy atom. The lowest BCUT2D eigenvalue weighted by Gasteiger charge is -2.45. The standard InChI is InChI=1S/C24H24N2O7S/c27-11-19-21(28)22(29)24(31,23(30)32-19)33-18-3-1-2-17-20(18)26(13-25-17)10-14-4-6-15(7-5-14)16-8-9-34-12-16/h1-9,12-13,19,21-23,27-31H,10-11H2/t19-,21-,22+,23?,24+/m1/s1. The van der Waals surface area contributed by atoms with Gasteiger partial charge in [-0.1, -0.05) is 30.3 Å². The van der Waals surface area contributed by atoms with Gasteiger partial charge in [0, 0.05) is 6.54 Å². The van der Waals surface area contributed by atoms with Gasteiger partial charge < -0.3 is 39.6 Å².